The van der Waals surface area contributed by atoms with Crippen LogP contribution in [-0.2, 0) is 4.79 Å². The summed E-state index contributed by atoms with van der Waals surface area (Å²) in [6.45, 7) is 4.46. The van der Waals surface area contributed by atoms with Gasteiger partial charge >= 0.3 is 0 Å². The molecule has 1 N–H and O–H groups in total. The summed E-state index contributed by atoms with van der Waals surface area (Å²) in [7, 11) is 0. The van der Waals surface area contributed by atoms with Crippen LogP contribution in [0.5, 0.6) is 5.75 Å². The molecular formula is C15H21Cl2NO2. The van der Waals surface area contributed by atoms with Crippen molar-refractivity contribution in [2.45, 2.75) is 32.8 Å². The second-order valence-corrected chi connectivity index (χ2v) is 5.66. The maximum absolute atomic E-state index is 11.9. The lowest BCUT2D eigenvalue weighted by molar-refractivity contribution is -0.127. The van der Waals surface area contributed by atoms with Gasteiger partial charge in [-0.2, -0.15) is 0 Å². The van der Waals surface area contributed by atoms with Crippen LogP contribution in [0.3, 0.4) is 0 Å². The zero-order valence-corrected chi connectivity index (χ0v) is 13.4. The molecule has 2 atom stereocenters. The SMILES string of the molecule is CC(CCl)CCCNC(=O)C(C)Oc1cccc(Cl)c1. The highest BCUT2D eigenvalue weighted by atomic mass is 35.5. The Morgan fingerprint density at radius 2 is 2.15 bits per heavy atom. The van der Waals surface area contributed by atoms with Crippen LogP contribution in [0.4, 0.5) is 0 Å². The van der Waals surface area contributed by atoms with Crippen LogP contribution in [0, 0.1) is 5.92 Å². The van der Waals surface area contributed by atoms with E-state index in [1.165, 1.54) is 0 Å². The maximum Gasteiger partial charge on any atom is 0.260 e. The number of carbonyl (C=O) groups is 1. The van der Waals surface area contributed by atoms with Crippen molar-refractivity contribution in [3.63, 3.8) is 0 Å². The first kappa shape index (κ1) is 17.1. The molecule has 1 aromatic carbocycles. The van der Waals surface area contributed by atoms with Crippen molar-refractivity contribution in [3.8, 4) is 5.75 Å². The summed E-state index contributed by atoms with van der Waals surface area (Å²) in [5.74, 6) is 1.61. The molecule has 0 saturated heterocycles. The molecule has 3 nitrogen and oxygen atoms in total. The van der Waals surface area contributed by atoms with Crippen LogP contribution in [0.1, 0.15) is 26.7 Å². The van der Waals surface area contributed by atoms with E-state index in [0.717, 1.165) is 12.8 Å². The molecule has 0 aromatic heterocycles. The lowest BCUT2D eigenvalue weighted by atomic mass is 10.1. The van der Waals surface area contributed by atoms with Crippen molar-refractivity contribution in [1.29, 1.82) is 0 Å². The van der Waals surface area contributed by atoms with Crippen molar-refractivity contribution >= 4 is 29.1 Å². The van der Waals surface area contributed by atoms with E-state index in [9.17, 15) is 4.79 Å². The Morgan fingerprint density at radius 3 is 2.80 bits per heavy atom. The number of ether oxygens (including phenoxy) is 1. The van der Waals surface area contributed by atoms with Crippen LogP contribution < -0.4 is 10.1 Å². The third kappa shape index (κ3) is 6.49. The van der Waals surface area contributed by atoms with E-state index in [0.29, 0.717) is 29.1 Å². The third-order valence-electron chi connectivity index (χ3n) is 2.91. The standard InChI is InChI=1S/C15H21Cl2NO2/c1-11(10-16)5-4-8-18-15(19)12(2)20-14-7-3-6-13(17)9-14/h3,6-7,9,11-12H,4-5,8,10H2,1-2H3,(H,18,19). The summed E-state index contributed by atoms with van der Waals surface area (Å²) in [4.78, 5) is 11.9. The van der Waals surface area contributed by atoms with E-state index in [-0.39, 0.29) is 5.91 Å². The first-order valence-corrected chi connectivity index (χ1v) is 7.70. The van der Waals surface area contributed by atoms with E-state index in [1.54, 1.807) is 31.2 Å². The van der Waals surface area contributed by atoms with Crippen LogP contribution in [0.2, 0.25) is 5.02 Å². The quantitative estimate of drug-likeness (QED) is 0.583. The minimum Gasteiger partial charge on any atom is -0.481 e. The number of benzene rings is 1. The van der Waals surface area contributed by atoms with Crippen LogP contribution in [0.25, 0.3) is 0 Å². The molecule has 0 fully saturated rings. The van der Waals surface area contributed by atoms with Crippen LogP contribution >= 0.6 is 23.2 Å². The molecule has 2 unspecified atom stereocenters. The summed E-state index contributed by atoms with van der Waals surface area (Å²) in [5.41, 5.74) is 0. The lowest BCUT2D eigenvalue weighted by Crippen LogP contribution is -2.36. The molecule has 0 aliphatic heterocycles. The highest BCUT2D eigenvalue weighted by molar-refractivity contribution is 6.30. The molecule has 1 rings (SSSR count). The van der Waals surface area contributed by atoms with Gasteiger partial charge in [0.25, 0.3) is 5.91 Å². The largest absolute Gasteiger partial charge is 0.481 e. The maximum atomic E-state index is 11.9. The first-order chi connectivity index (χ1) is 9.52. The zero-order chi connectivity index (χ0) is 15.0. The van der Waals surface area contributed by atoms with Gasteiger partial charge < -0.3 is 10.1 Å². The normalized spacial score (nSPS) is 13.6. The molecule has 0 spiro atoms. The summed E-state index contributed by atoms with van der Waals surface area (Å²) < 4.78 is 5.54. The molecule has 112 valence electrons. The van der Waals surface area contributed by atoms with Gasteiger partial charge in [-0.15, -0.1) is 11.6 Å². The second kappa shape index (κ2) is 9.09. The van der Waals surface area contributed by atoms with Gasteiger partial charge in [0, 0.05) is 17.4 Å². The van der Waals surface area contributed by atoms with E-state index in [2.05, 4.69) is 12.2 Å². The molecule has 1 aromatic rings. The van der Waals surface area contributed by atoms with Crippen molar-refractivity contribution in [2.75, 3.05) is 12.4 Å². The minimum absolute atomic E-state index is 0.122. The van der Waals surface area contributed by atoms with E-state index in [1.807, 2.05) is 0 Å². The predicted octanol–water partition coefficient (Wildman–Crippen LogP) is 3.88. The van der Waals surface area contributed by atoms with Gasteiger partial charge in [-0.05, 0) is 43.9 Å². The fourth-order valence-corrected chi connectivity index (χ4v) is 2.02. The average molecular weight is 318 g/mol. The van der Waals surface area contributed by atoms with Crippen LogP contribution in [0.15, 0.2) is 24.3 Å². The molecule has 5 heteroatoms. The van der Waals surface area contributed by atoms with E-state index < -0.39 is 6.10 Å². The molecule has 0 aliphatic carbocycles. The second-order valence-electron chi connectivity index (χ2n) is 4.91. The van der Waals surface area contributed by atoms with E-state index >= 15 is 0 Å². The smallest absolute Gasteiger partial charge is 0.260 e. The Morgan fingerprint density at radius 1 is 1.40 bits per heavy atom. The Balaban J connectivity index is 2.29. The third-order valence-corrected chi connectivity index (χ3v) is 3.68. The summed E-state index contributed by atoms with van der Waals surface area (Å²) in [5, 5.41) is 3.44. The number of hydrogen-bond donors (Lipinski definition) is 1. The van der Waals surface area contributed by atoms with Crippen LogP contribution in [-0.4, -0.2) is 24.4 Å². The first-order valence-electron chi connectivity index (χ1n) is 6.78. The number of alkyl halides is 1. The molecule has 0 saturated carbocycles. The van der Waals surface area contributed by atoms with Gasteiger partial charge in [-0.25, -0.2) is 0 Å². The highest BCUT2D eigenvalue weighted by Gasteiger charge is 2.14. The molecule has 0 heterocycles. The zero-order valence-electron chi connectivity index (χ0n) is 11.9. The summed E-state index contributed by atoms with van der Waals surface area (Å²) >= 11 is 11.6. The Kier molecular flexibility index (Phi) is 7.78. The fraction of sp³-hybridized carbons (Fsp3) is 0.533. The number of rotatable bonds is 8. The number of halogens is 2. The topological polar surface area (TPSA) is 38.3 Å². The molecule has 1 amide bonds. The number of carbonyl (C=O) groups excluding carboxylic acids is 1. The molecular weight excluding hydrogens is 297 g/mol. The van der Waals surface area contributed by atoms with Crippen molar-refractivity contribution in [3.05, 3.63) is 29.3 Å². The Hall–Kier alpha value is -0.930. The summed E-state index contributed by atoms with van der Waals surface area (Å²) in [6, 6.07) is 7.01. The van der Waals surface area contributed by atoms with Gasteiger partial charge in [0.15, 0.2) is 6.10 Å². The minimum atomic E-state index is -0.543. The average Bonchev–Trinajstić information content (AvgIpc) is 2.42. The van der Waals surface area contributed by atoms with Gasteiger partial charge in [0.05, 0.1) is 0 Å². The Labute approximate surface area is 130 Å². The fourth-order valence-electron chi connectivity index (χ4n) is 1.68. The number of hydrogen-bond acceptors (Lipinski definition) is 2. The van der Waals surface area contributed by atoms with Gasteiger partial charge in [-0.3, -0.25) is 4.79 Å². The van der Waals surface area contributed by atoms with Crippen molar-refractivity contribution in [1.82, 2.24) is 5.32 Å². The van der Waals surface area contributed by atoms with E-state index in [4.69, 9.17) is 27.9 Å². The van der Waals surface area contributed by atoms with Gasteiger partial charge in [-0.1, -0.05) is 24.6 Å². The van der Waals surface area contributed by atoms with Crippen molar-refractivity contribution in [2.24, 2.45) is 5.92 Å². The van der Waals surface area contributed by atoms with Crippen molar-refractivity contribution < 1.29 is 9.53 Å². The monoisotopic (exact) mass is 317 g/mol. The number of amides is 1. The molecule has 0 radical (unpaired) electrons. The van der Waals surface area contributed by atoms with Gasteiger partial charge in [0.1, 0.15) is 5.75 Å². The summed E-state index contributed by atoms with van der Waals surface area (Å²) in [6.07, 6.45) is 1.38. The molecule has 0 aliphatic rings. The molecule has 0 bridgehead atoms. The predicted molar refractivity (Wildman–Crippen MR) is 83.7 cm³/mol. The lowest BCUT2D eigenvalue weighted by Gasteiger charge is -2.15. The molecule has 20 heavy (non-hydrogen) atoms. The van der Waals surface area contributed by atoms with Gasteiger partial charge in [0.2, 0.25) is 0 Å². The highest BCUT2D eigenvalue weighted by Crippen LogP contribution is 2.18. The Bertz CT molecular complexity index is 426. The number of nitrogens with one attached hydrogen (secondary N) is 1.